The zero-order chi connectivity index (χ0) is 9.68. The number of hydrogen-bond acceptors (Lipinski definition) is 4. The highest BCUT2D eigenvalue weighted by Crippen LogP contribution is 2.02. The summed E-state index contributed by atoms with van der Waals surface area (Å²) in [5.41, 5.74) is 5.50. The lowest BCUT2D eigenvalue weighted by molar-refractivity contribution is -0.117. The molecule has 70 valence electrons. The summed E-state index contributed by atoms with van der Waals surface area (Å²) in [5.74, 6) is 0.0679. The molecule has 1 aromatic rings. The third kappa shape index (κ3) is 2.72. The van der Waals surface area contributed by atoms with Crippen LogP contribution in [0.5, 0.6) is 0 Å². The first kappa shape index (κ1) is 9.47. The van der Waals surface area contributed by atoms with Crippen molar-refractivity contribution in [3.8, 4) is 0 Å². The van der Waals surface area contributed by atoms with Gasteiger partial charge in [-0.2, -0.15) is 0 Å². The van der Waals surface area contributed by atoms with E-state index in [-0.39, 0.29) is 5.91 Å². The Kier molecular flexibility index (Phi) is 3.22. The summed E-state index contributed by atoms with van der Waals surface area (Å²) in [7, 11) is 0. The summed E-state index contributed by atoms with van der Waals surface area (Å²) >= 11 is 0. The SMILES string of the molecule is C=CCC(N)C(=O)Nc1ccon1. The zero-order valence-corrected chi connectivity index (χ0v) is 7.06. The van der Waals surface area contributed by atoms with Crippen molar-refractivity contribution < 1.29 is 9.32 Å². The average molecular weight is 181 g/mol. The molecule has 13 heavy (non-hydrogen) atoms. The molecule has 0 aromatic carbocycles. The quantitative estimate of drug-likeness (QED) is 0.663. The molecular formula is C8H11N3O2. The van der Waals surface area contributed by atoms with E-state index < -0.39 is 6.04 Å². The molecule has 1 atom stereocenters. The number of nitrogens with one attached hydrogen (secondary N) is 1. The molecule has 5 nitrogen and oxygen atoms in total. The zero-order valence-electron chi connectivity index (χ0n) is 7.06. The van der Waals surface area contributed by atoms with Gasteiger partial charge in [-0.15, -0.1) is 6.58 Å². The van der Waals surface area contributed by atoms with Crippen LogP contribution in [0.25, 0.3) is 0 Å². The number of hydrogen-bond donors (Lipinski definition) is 2. The van der Waals surface area contributed by atoms with Gasteiger partial charge < -0.3 is 15.6 Å². The van der Waals surface area contributed by atoms with Gasteiger partial charge in [0, 0.05) is 6.07 Å². The molecule has 0 aliphatic carbocycles. The van der Waals surface area contributed by atoms with Crippen LogP contribution < -0.4 is 11.1 Å². The summed E-state index contributed by atoms with van der Waals surface area (Å²) in [6.07, 6.45) is 3.39. The molecule has 0 fully saturated rings. The van der Waals surface area contributed by atoms with Gasteiger partial charge in [0.2, 0.25) is 5.91 Å². The van der Waals surface area contributed by atoms with Gasteiger partial charge in [0.25, 0.3) is 0 Å². The molecule has 1 heterocycles. The minimum absolute atomic E-state index is 0.297. The molecular weight excluding hydrogens is 170 g/mol. The molecule has 0 bridgehead atoms. The first-order valence-electron chi connectivity index (χ1n) is 3.81. The predicted molar refractivity (Wildman–Crippen MR) is 47.9 cm³/mol. The Morgan fingerprint density at radius 2 is 2.69 bits per heavy atom. The summed E-state index contributed by atoms with van der Waals surface area (Å²) in [6.45, 7) is 3.49. The largest absolute Gasteiger partial charge is 0.363 e. The second-order valence-corrected chi connectivity index (χ2v) is 2.50. The maximum Gasteiger partial charge on any atom is 0.242 e. The summed E-state index contributed by atoms with van der Waals surface area (Å²) in [5, 5.41) is 6.00. The second kappa shape index (κ2) is 4.42. The highest BCUT2D eigenvalue weighted by Gasteiger charge is 2.12. The fraction of sp³-hybridized carbons (Fsp3) is 0.250. The fourth-order valence-corrected chi connectivity index (χ4v) is 0.783. The van der Waals surface area contributed by atoms with E-state index in [2.05, 4.69) is 21.6 Å². The van der Waals surface area contributed by atoms with Crippen LogP contribution in [0.4, 0.5) is 5.82 Å². The van der Waals surface area contributed by atoms with Crippen molar-refractivity contribution in [3.63, 3.8) is 0 Å². The summed E-state index contributed by atoms with van der Waals surface area (Å²) in [6, 6.07) is 0.952. The summed E-state index contributed by atoms with van der Waals surface area (Å²) < 4.78 is 4.53. The van der Waals surface area contributed by atoms with E-state index in [1.165, 1.54) is 6.26 Å². The molecule has 1 aromatic heterocycles. The number of anilines is 1. The van der Waals surface area contributed by atoms with Crippen molar-refractivity contribution in [2.75, 3.05) is 5.32 Å². The van der Waals surface area contributed by atoms with Crippen LogP contribution in [0.2, 0.25) is 0 Å². The van der Waals surface area contributed by atoms with Crippen LogP contribution >= 0.6 is 0 Å². The molecule has 1 amide bonds. The number of aromatic nitrogens is 1. The van der Waals surface area contributed by atoms with Gasteiger partial charge in [0.15, 0.2) is 5.82 Å². The van der Waals surface area contributed by atoms with Crippen LogP contribution in [0.3, 0.4) is 0 Å². The normalized spacial score (nSPS) is 12.1. The number of amides is 1. The molecule has 0 aliphatic heterocycles. The van der Waals surface area contributed by atoms with E-state index in [0.717, 1.165) is 0 Å². The minimum Gasteiger partial charge on any atom is -0.363 e. The van der Waals surface area contributed by atoms with Crippen molar-refractivity contribution in [1.29, 1.82) is 0 Å². The predicted octanol–water partition coefficient (Wildman–Crippen LogP) is 0.516. The number of carbonyl (C=O) groups excluding carboxylic acids is 1. The third-order valence-corrected chi connectivity index (χ3v) is 1.45. The van der Waals surface area contributed by atoms with Gasteiger partial charge in [0.1, 0.15) is 6.26 Å². The lowest BCUT2D eigenvalue weighted by Gasteiger charge is -2.06. The van der Waals surface area contributed by atoms with Crippen LogP contribution in [-0.4, -0.2) is 17.1 Å². The fourth-order valence-electron chi connectivity index (χ4n) is 0.783. The molecule has 3 N–H and O–H groups in total. The maximum atomic E-state index is 11.2. The standard InChI is InChI=1S/C8H11N3O2/c1-2-3-6(9)8(12)10-7-4-5-13-11-7/h2,4-6H,1,3,9H2,(H,10,11,12). The van der Waals surface area contributed by atoms with Crippen molar-refractivity contribution in [2.45, 2.75) is 12.5 Å². The van der Waals surface area contributed by atoms with Crippen molar-refractivity contribution >= 4 is 11.7 Å². The van der Waals surface area contributed by atoms with Gasteiger partial charge in [-0.25, -0.2) is 0 Å². The number of rotatable bonds is 4. The highest BCUT2D eigenvalue weighted by atomic mass is 16.5. The Labute approximate surface area is 75.6 Å². The Bertz CT molecular complexity index is 282. The van der Waals surface area contributed by atoms with E-state index >= 15 is 0 Å². The Balaban J connectivity index is 2.45. The van der Waals surface area contributed by atoms with E-state index in [4.69, 9.17) is 5.73 Å². The van der Waals surface area contributed by atoms with Gasteiger partial charge in [0.05, 0.1) is 6.04 Å². The first-order valence-corrected chi connectivity index (χ1v) is 3.81. The monoisotopic (exact) mass is 181 g/mol. The van der Waals surface area contributed by atoms with Crippen molar-refractivity contribution in [2.24, 2.45) is 5.73 Å². The Morgan fingerprint density at radius 1 is 1.92 bits per heavy atom. The molecule has 0 saturated heterocycles. The lowest BCUT2D eigenvalue weighted by Crippen LogP contribution is -2.35. The summed E-state index contributed by atoms with van der Waals surface area (Å²) in [4.78, 5) is 11.2. The van der Waals surface area contributed by atoms with Gasteiger partial charge in [-0.3, -0.25) is 4.79 Å². The molecule has 1 rings (SSSR count). The van der Waals surface area contributed by atoms with Crippen molar-refractivity contribution in [3.05, 3.63) is 25.0 Å². The van der Waals surface area contributed by atoms with Gasteiger partial charge >= 0.3 is 0 Å². The van der Waals surface area contributed by atoms with Crippen molar-refractivity contribution in [1.82, 2.24) is 5.16 Å². The lowest BCUT2D eigenvalue weighted by atomic mass is 10.2. The smallest absolute Gasteiger partial charge is 0.242 e. The van der Waals surface area contributed by atoms with E-state index in [1.807, 2.05) is 0 Å². The van der Waals surface area contributed by atoms with Crippen LogP contribution in [0.15, 0.2) is 29.5 Å². The third-order valence-electron chi connectivity index (χ3n) is 1.45. The highest BCUT2D eigenvalue weighted by molar-refractivity contribution is 5.93. The maximum absolute atomic E-state index is 11.2. The van der Waals surface area contributed by atoms with E-state index in [0.29, 0.717) is 12.2 Å². The number of carbonyl (C=O) groups is 1. The van der Waals surface area contributed by atoms with Gasteiger partial charge in [-0.1, -0.05) is 11.2 Å². The van der Waals surface area contributed by atoms with Gasteiger partial charge in [-0.05, 0) is 6.42 Å². The molecule has 5 heteroatoms. The molecule has 0 radical (unpaired) electrons. The Morgan fingerprint density at radius 3 is 3.23 bits per heavy atom. The van der Waals surface area contributed by atoms with Crippen LogP contribution in [-0.2, 0) is 4.79 Å². The van der Waals surface area contributed by atoms with Crippen LogP contribution in [0.1, 0.15) is 6.42 Å². The average Bonchev–Trinajstić information content (AvgIpc) is 2.57. The molecule has 0 spiro atoms. The van der Waals surface area contributed by atoms with Crippen LogP contribution in [0, 0.1) is 0 Å². The molecule has 0 aliphatic rings. The minimum atomic E-state index is -0.589. The second-order valence-electron chi connectivity index (χ2n) is 2.50. The Hall–Kier alpha value is -1.62. The first-order chi connectivity index (χ1) is 6.24. The molecule has 0 saturated carbocycles. The van der Waals surface area contributed by atoms with E-state index in [1.54, 1.807) is 12.1 Å². The topological polar surface area (TPSA) is 81.2 Å². The number of nitrogens with two attached hydrogens (primary N) is 1. The van der Waals surface area contributed by atoms with E-state index in [9.17, 15) is 4.79 Å². The molecule has 1 unspecified atom stereocenters. The number of nitrogens with zero attached hydrogens (tertiary/aromatic N) is 1.